The van der Waals surface area contributed by atoms with Crippen LogP contribution in [0.1, 0.15) is 91.8 Å². The van der Waals surface area contributed by atoms with E-state index in [0.717, 1.165) is 67.4 Å². The first-order chi connectivity index (χ1) is 18.9. The number of fused-ring (bicyclic) bond motifs is 1. The van der Waals surface area contributed by atoms with Crippen molar-refractivity contribution in [2.75, 3.05) is 19.8 Å². The molecular formula is C31H40O8. The van der Waals surface area contributed by atoms with Gasteiger partial charge in [0.25, 0.3) is 0 Å². The summed E-state index contributed by atoms with van der Waals surface area (Å²) in [6.07, 6.45) is 7.44. The van der Waals surface area contributed by atoms with Gasteiger partial charge in [0, 0.05) is 24.8 Å². The number of rotatable bonds is 18. The van der Waals surface area contributed by atoms with Crippen molar-refractivity contribution in [3.05, 3.63) is 52.6 Å². The minimum atomic E-state index is -0.855. The van der Waals surface area contributed by atoms with Crippen LogP contribution in [0.4, 0.5) is 0 Å². The highest BCUT2D eigenvalue weighted by molar-refractivity contribution is 6.00. The number of ether oxygens (including phenoxy) is 3. The Balaban J connectivity index is 1.45. The maximum atomic E-state index is 12.2. The number of carboxylic acid groups (broad SMARTS) is 2. The number of hydrogen-bond acceptors (Lipinski definition) is 6. The maximum Gasteiger partial charge on any atom is 0.303 e. The van der Waals surface area contributed by atoms with Crippen molar-refractivity contribution < 1.29 is 38.8 Å². The second-order valence-electron chi connectivity index (χ2n) is 9.88. The summed E-state index contributed by atoms with van der Waals surface area (Å²) in [5.74, 6) is 0.648. The van der Waals surface area contributed by atoms with E-state index in [1.54, 1.807) is 0 Å². The Morgan fingerprint density at radius 1 is 0.846 bits per heavy atom. The molecule has 0 spiro atoms. The number of aryl methyl sites for hydroxylation is 2. The van der Waals surface area contributed by atoms with Crippen LogP contribution in [0.15, 0.2) is 30.3 Å². The topological polar surface area (TPSA) is 119 Å². The van der Waals surface area contributed by atoms with Crippen molar-refractivity contribution in [3.8, 4) is 17.2 Å². The van der Waals surface area contributed by atoms with Gasteiger partial charge in [-0.15, -0.1) is 0 Å². The van der Waals surface area contributed by atoms with E-state index < -0.39 is 11.9 Å². The zero-order valence-electron chi connectivity index (χ0n) is 22.8. The molecule has 1 aliphatic rings. The van der Waals surface area contributed by atoms with E-state index in [9.17, 15) is 14.4 Å². The average Bonchev–Trinajstić information content (AvgIpc) is 2.91. The summed E-state index contributed by atoms with van der Waals surface area (Å²) >= 11 is 0. The van der Waals surface area contributed by atoms with Crippen molar-refractivity contribution in [3.63, 3.8) is 0 Å². The van der Waals surface area contributed by atoms with Crippen molar-refractivity contribution in [1.82, 2.24) is 0 Å². The van der Waals surface area contributed by atoms with E-state index in [0.29, 0.717) is 56.1 Å². The van der Waals surface area contributed by atoms with Crippen molar-refractivity contribution in [2.24, 2.45) is 0 Å². The highest BCUT2D eigenvalue weighted by atomic mass is 16.5. The fourth-order valence-corrected chi connectivity index (χ4v) is 4.71. The minimum absolute atomic E-state index is 0.0259. The monoisotopic (exact) mass is 540 g/mol. The summed E-state index contributed by atoms with van der Waals surface area (Å²) < 4.78 is 17.9. The van der Waals surface area contributed by atoms with E-state index in [1.807, 2.05) is 30.3 Å². The molecule has 1 aliphatic heterocycles. The van der Waals surface area contributed by atoms with Crippen LogP contribution in [0.2, 0.25) is 0 Å². The van der Waals surface area contributed by atoms with Gasteiger partial charge in [-0.25, -0.2) is 0 Å². The van der Waals surface area contributed by atoms with E-state index in [2.05, 4.69) is 6.92 Å². The lowest BCUT2D eigenvalue weighted by Gasteiger charge is -2.22. The zero-order valence-corrected chi connectivity index (χ0v) is 22.8. The van der Waals surface area contributed by atoms with Gasteiger partial charge in [-0.05, 0) is 80.7 Å². The molecule has 0 amide bonds. The summed E-state index contributed by atoms with van der Waals surface area (Å²) in [7, 11) is 0. The highest BCUT2D eigenvalue weighted by Crippen LogP contribution is 2.36. The number of Topliss-reactive ketones (excluding diaryl/α,β-unsaturated/α-hetero) is 1. The molecule has 8 nitrogen and oxygen atoms in total. The molecule has 0 aliphatic carbocycles. The summed E-state index contributed by atoms with van der Waals surface area (Å²) in [6, 6.07) is 9.54. The summed E-state index contributed by atoms with van der Waals surface area (Å²) in [4.78, 5) is 34.0. The maximum absolute atomic E-state index is 12.2. The Kier molecular flexibility index (Phi) is 12.1. The molecule has 0 radical (unpaired) electrons. The lowest BCUT2D eigenvalue weighted by molar-refractivity contribution is -0.138. The Bertz CT molecular complexity index is 1120. The van der Waals surface area contributed by atoms with Gasteiger partial charge in [0.2, 0.25) is 0 Å². The van der Waals surface area contributed by atoms with E-state index in [1.165, 1.54) is 0 Å². The average molecular weight is 541 g/mol. The number of aliphatic carboxylic acids is 2. The van der Waals surface area contributed by atoms with Crippen LogP contribution in [-0.2, 0) is 28.9 Å². The Morgan fingerprint density at radius 3 is 2.28 bits per heavy atom. The van der Waals surface area contributed by atoms with E-state index in [4.69, 9.17) is 24.4 Å². The number of hydrogen-bond donors (Lipinski definition) is 2. The molecule has 2 N–H and O–H groups in total. The predicted octanol–water partition coefficient (Wildman–Crippen LogP) is 6.05. The molecule has 0 bridgehead atoms. The summed E-state index contributed by atoms with van der Waals surface area (Å²) in [6.45, 7) is 3.59. The van der Waals surface area contributed by atoms with E-state index >= 15 is 0 Å². The summed E-state index contributed by atoms with van der Waals surface area (Å²) in [5.41, 5.74) is 3.56. The van der Waals surface area contributed by atoms with Gasteiger partial charge in [-0.2, -0.15) is 0 Å². The van der Waals surface area contributed by atoms with Crippen molar-refractivity contribution in [1.29, 1.82) is 0 Å². The van der Waals surface area contributed by atoms with Crippen LogP contribution in [0.5, 0.6) is 17.2 Å². The third kappa shape index (κ3) is 9.61. The normalized spacial score (nSPS) is 12.5. The summed E-state index contributed by atoms with van der Waals surface area (Å²) in [5, 5.41) is 17.9. The first kappa shape index (κ1) is 30.0. The van der Waals surface area contributed by atoms with Crippen LogP contribution in [0, 0.1) is 0 Å². The number of carbonyl (C=O) groups excluding carboxylic acids is 1. The van der Waals surface area contributed by atoms with Gasteiger partial charge in [0.1, 0.15) is 17.2 Å². The second kappa shape index (κ2) is 15.8. The first-order valence-electron chi connectivity index (χ1n) is 14.0. The largest absolute Gasteiger partial charge is 0.493 e. The van der Waals surface area contributed by atoms with Gasteiger partial charge >= 0.3 is 11.9 Å². The third-order valence-corrected chi connectivity index (χ3v) is 6.74. The van der Waals surface area contributed by atoms with Crippen LogP contribution < -0.4 is 14.2 Å². The number of carbonyl (C=O) groups is 3. The van der Waals surface area contributed by atoms with Crippen molar-refractivity contribution in [2.45, 2.75) is 84.0 Å². The zero-order chi connectivity index (χ0) is 28.0. The number of unbranched alkanes of at least 4 members (excludes halogenated alkanes) is 3. The molecule has 39 heavy (non-hydrogen) atoms. The fraction of sp³-hybridized carbons (Fsp3) is 0.516. The molecule has 0 saturated carbocycles. The van der Waals surface area contributed by atoms with Gasteiger partial charge < -0.3 is 24.4 Å². The highest BCUT2D eigenvalue weighted by Gasteiger charge is 2.23. The smallest absolute Gasteiger partial charge is 0.303 e. The number of benzene rings is 2. The Hall–Kier alpha value is -3.55. The molecule has 2 aromatic rings. The lowest BCUT2D eigenvalue weighted by Crippen LogP contribution is -2.17. The molecule has 0 fully saturated rings. The molecule has 0 saturated heterocycles. The van der Waals surface area contributed by atoms with Crippen molar-refractivity contribution >= 4 is 17.7 Å². The number of ketones is 1. The second-order valence-corrected chi connectivity index (χ2v) is 9.88. The van der Waals surface area contributed by atoms with Crippen LogP contribution in [-0.4, -0.2) is 47.8 Å². The van der Waals surface area contributed by atoms with Gasteiger partial charge in [0.05, 0.1) is 25.4 Å². The predicted molar refractivity (Wildman–Crippen MR) is 147 cm³/mol. The molecule has 0 unspecified atom stereocenters. The van der Waals surface area contributed by atoms with Crippen LogP contribution in [0.3, 0.4) is 0 Å². The van der Waals surface area contributed by atoms with Crippen LogP contribution in [0.25, 0.3) is 0 Å². The minimum Gasteiger partial charge on any atom is -0.493 e. The molecule has 212 valence electrons. The van der Waals surface area contributed by atoms with Gasteiger partial charge in [-0.3, -0.25) is 14.4 Å². The lowest BCUT2D eigenvalue weighted by atomic mass is 9.98. The third-order valence-electron chi connectivity index (χ3n) is 6.74. The van der Waals surface area contributed by atoms with Crippen LogP contribution >= 0.6 is 0 Å². The molecule has 3 rings (SSSR count). The number of carboxylic acids is 2. The molecule has 1 heterocycles. The van der Waals surface area contributed by atoms with Gasteiger partial charge in [-0.1, -0.05) is 25.5 Å². The van der Waals surface area contributed by atoms with Gasteiger partial charge in [0.15, 0.2) is 5.78 Å². The Morgan fingerprint density at radius 2 is 1.56 bits per heavy atom. The molecule has 8 heteroatoms. The molecule has 0 atom stereocenters. The standard InChI is InChI=1S/C31H40O8/c1-2-8-25-28(15-13-24-26(32)17-20-39-31(24)25)38-19-7-3-6-18-37-27-14-11-22(9-4-5-10-29(33)34)21-23(27)12-16-30(35)36/h11,13-15,21H,2-10,12,16-20H2,1H3,(H,33,34)(H,35,36). The Labute approximate surface area is 230 Å². The molecule has 2 aromatic carbocycles. The molecule has 0 aromatic heterocycles. The first-order valence-corrected chi connectivity index (χ1v) is 14.0. The fourth-order valence-electron chi connectivity index (χ4n) is 4.71. The van der Waals surface area contributed by atoms with E-state index in [-0.39, 0.29) is 18.6 Å². The SMILES string of the molecule is CCCc1c(OCCCCCOc2ccc(CCCCC(=O)O)cc2CCC(=O)O)ccc2c1OCCC2=O. The molecular weight excluding hydrogens is 500 g/mol. The quantitative estimate of drug-likeness (QED) is 0.219.